The summed E-state index contributed by atoms with van der Waals surface area (Å²) < 4.78 is 5.67. The van der Waals surface area contributed by atoms with E-state index in [9.17, 15) is 9.59 Å². The van der Waals surface area contributed by atoms with Gasteiger partial charge in [0.2, 0.25) is 5.91 Å². The Bertz CT molecular complexity index is 715. The number of hydrogen-bond donors (Lipinski definition) is 1. The molecule has 5 heteroatoms. The lowest BCUT2D eigenvalue weighted by Crippen LogP contribution is -2.38. The first-order chi connectivity index (χ1) is 11.2. The van der Waals surface area contributed by atoms with Crippen molar-refractivity contribution >= 4 is 17.5 Å². The van der Waals surface area contributed by atoms with Crippen molar-refractivity contribution < 1.29 is 14.3 Å². The Labute approximate surface area is 134 Å². The molecule has 3 rings (SSSR count). The molecule has 118 valence electrons. The van der Waals surface area contributed by atoms with Crippen LogP contribution in [0.15, 0.2) is 54.6 Å². The third-order valence-corrected chi connectivity index (χ3v) is 3.73. The van der Waals surface area contributed by atoms with Crippen LogP contribution < -0.4 is 15.0 Å². The lowest BCUT2D eigenvalue weighted by Gasteiger charge is -2.18. The first-order valence-electron chi connectivity index (χ1n) is 7.52. The van der Waals surface area contributed by atoms with Crippen molar-refractivity contribution in [3.05, 3.63) is 60.2 Å². The van der Waals surface area contributed by atoms with Crippen molar-refractivity contribution in [2.45, 2.75) is 13.0 Å². The highest BCUT2D eigenvalue weighted by molar-refractivity contribution is 6.06. The van der Waals surface area contributed by atoms with Gasteiger partial charge in [-0.05, 0) is 18.2 Å². The molecule has 1 atom stereocenters. The number of amides is 2. The molecule has 0 saturated carbocycles. The Morgan fingerprint density at radius 2 is 1.83 bits per heavy atom. The van der Waals surface area contributed by atoms with Crippen molar-refractivity contribution in [1.29, 1.82) is 0 Å². The Hall–Kier alpha value is -2.82. The van der Waals surface area contributed by atoms with Gasteiger partial charge in [-0.3, -0.25) is 9.59 Å². The second-order valence-corrected chi connectivity index (χ2v) is 5.34. The molecule has 5 nitrogen and oxygen atoms in total. The molecular weight excluding hydrogens is 292 g/mol. The summed E-state index contributed by atoms with van der Waals surface area (Å²) in [4.78, 5) is 25.6. The fourth-order valence-electron chi connectivity index (χ4n) is 2.73. The molecule has 0 spiro atoms. The average molecular weight is 310 g/mol. The highest BCUT2D eigenvalue weighted by Crippen LogP contribution is 2.35. The van der Waals surface area contributed by atoms with E-state index >= 15 is 0 Å². The maximum Gasteiger partial charge on any atom is 0.254 e. The molecule has 1 aliphatic heterocycles. The Morgan fingerprint density at radius 1 is 1.13 bits per heavy atom. The fraction of sp³-hybridized carbons (Fsp3) is 0.222. The second kappa shape index (κ2) is 6.52. The zero-order chi connectivity index (χ0) is 16.2. The number of fused-ring (bicyclic) bond motifs is 1. The van der Waals surface area contributed by atoms with Crippen LogP contribution in [0.2, 0.25) is 0 Å². The van der Waals surface area contributed by atoms with Gasteiger partial charge in [-0.15, -0.1) is 0 Å². The summed E-state index contributed by atoms with van der Waals surface area (Å²) in [6, 6.07) is 16.4. The molecule has 0 unspecified atom stereocenters. The monoisotopic (exact) mass is 310 g/mol. The van der Waals surface area contributed by atoms with Crippen molar-refractivity contribution in [3.63, 3.8) is 0 Å². The lowest BCUT2D eigenvalue weighted by atomic mass is 10.1. The Kier molecular flexibility index (Phi) is 4.28. The molecule has 0 aromatic heterocycles. The third kappa shape index (κ3) is 3.18. The van der Waals surface area contributed by atoms with Crippen molar-refractivity contribution in [2.24, 2.45) is 0 Å². The quantitative estimate of drug-likeness (QED) is 0.922. The van der Waals surface area contributed by atoms with E-state index in [-0.39, 0.29) is 11.8 Å². The molecule has 0 aliphatic carbocycles. The standard InChI is InChI=1S/C18H18N2O3/c1-13(21)19-17-15-9-5-6-10-16(15)20(18(17)22)11-12-23-14-7-3-2-4-8-14/h2-10,17H,11-12H2,1H3,(H,19,21)/t17-/m1/s1. The van der Waals surface area contributed by atoms with Crippen LogP contribution in [-0.2, 0) is 9.59 Å². The second-order valence-electron chi connectivity index (χ2n) is 5.34. The van der Waals surface area contributed by atoms with E-state index in [0.29, 0.717) is 13.2 Å². The molecule has 0 bridgehead atoms. The predicted molar refractivity (Wildman–Crippen MR) is 87.3 cm³/mol. The van der Waals surface area contributed by atoms with E-state index in [1.54, 1.807) is 4.90 Å². The van der Waals surface area contributed by atoms with Gasteiger partial charge in [-0.25, -0.2) is 0 Å². The maximum absolute atomic E-state index is 12.6. The molecule has 0 radical (unpaired) electrons. The number of para-hydroxylation sites is 2. The predicted octanol–water partition coefficient (Wildman–Crippen LogP) is 2.29. The van der Waals surface area contributed by atoms with E-state index < -0.39 is 6.04 Å². The highest BCUT2D eigenvalue weighted by atomic mass is 16.5. The lowest BCUT2D eigenvalue weighted by molar-refractivity contribution is -0.126. The van der Waals surface area contributed by atoms with Gasteiger partial charge in [0.25, 0.3) is 5.91 Å². The van der Waals surface area contributed by atoms with E-state index in [1.165, 1.54) is 6.92 Å². The minimum atomic E-state index is -0.611. The largest absolute Gasteiger partial charge is 0.492 e. The van der Waals surface area contributed by atoms with Gasteiger partial charge in [0.15, 0.2) is 0 Å². The van der Waals surface area contributed by atoms with Crippen LogP contribution >= 0.6 is 0 Å². The zero-order valence-electron chi connectivity index (χ0n) is 12.9. The van der Waals surface area contributed by atoms with Gasteiger partial charge < -0.3 is 15.0 Å². The summed E-state index contributed by atoms with van der Waals surface area (Å²) in [6.45, 7) is 2.23. The topological polar surface area (TPSA) is 58.6 Å². The Morgan fingerprint density at radius 3 is 2.57 bits per heavy atom. The molecule has 2 aromatic carbocycles. The summed E-state index contributed by atoms with van der Waals surface area (Å²) in [7, 11) is 0. The minimum absolute atomic E-state index is 0.127. The smallest absolute Gasteiger partial charge is 0.254 e. The van der Waals surface area contributed by atoms with Gasteiger partial charge in [-0.1, -0.05) is 36.4 Å². The van der Waals surface area contributed by atoms with E-state index in [1.807, 2.05) is 54.6 Å². The normalized spacial score (nSPS) is 16.1. The first kappa shape index (κ1) is 15.1. The van der Waals surface area contributed by atoms with Crippen molar-refractivity contribution in [3.8, 4) is 5.75 Å². The number of rotatable bonds is 5. The molecule has 1 heterocycles. The van der Waals surface area contributed by atoms with Crippen LogP contribution in [0.1, 0.15) is 18.5 Å². The van der Waals surface area contributed by atoms with Gasteiger partial charge in [0, 0.05) is 18.2 Å². The summed E-state index contributed by atoms with van der Waals surface area (Å²) in [5, 5.41) is 2.71. The minimum Gasteiger partial charge on any atom is -0.492 e. The van der Waals surface area contributed by atoms with Crippen LogP contribution in [-0.4, -0.2) is 25.0 Å². The average Bonchev–Trinajstić information content (AvgIpc) is 2.81. The van der Waals surface area contributed by atoms with E-state index in [4.69, 9.17) is 4.74 Å². The highest BCUT2D eigenvalue weighted by Gasteiger charge is 2.37. The number of nitrogens with zero attached hydrogens (tertiary/aromatic N) is 1. The van der Waals surface area contributed by atoms with Gasteiger partial charge in [0.1, 0.15) is 18.4 Å². The number of anilines is 1. The zero-order valence-corrected chi connectivity index (χ0v) is 12.9. The third-order valence-electron chi connectivity index (χ3n) is 3.73. The molecule has 0 saturated heterocycles. The molecule has 23 heavy (non-hydrogen) atoms. The van der Waals surface area contributed by atoms with E-state index in [0.717, 1.165) is 17.0 Å². The molecule has 1 aliphatic rings. The molecule has 1 N–H and O–H groups in total. The van der Waals surface area contributed by atoms with E-state index in [2.05, 4.69) is 5.32 Å². The fourth-order valence-corrected chi connectivity index (χ4v) is 2.73. The maximum atomic E-state index is 12.6. The van der Waals surface area contributed by atoms with Crippen LogP contribution in [0.3, 0.4) is 0 Å². The SMILES string of the molecule is CC(=O)N[C@H]1C(=O)N(CCOc2ccccc2)c2ccccc21. The Balaban J connectivity index is 1.72. The van der Waals surface area contributed by atoms with Gasteiger partial charge in [0.05, 0.1) is 6.54 Å². The van der Waals surface area contributed by atoms with Crippen LogP contribution in [0.25, 0.3) is 0 Å². The molecule has 0 fully saturated rings. The van der Waals surface area contributed by atoms with Crippen molar-refractivity contribution in [1.82, 2.24) is 5.32 Å². The number of nitrogens with one attached hydrogen (secondary N) is 1. The summed E-state index contributed by atoms with van der Waals surface area (Å²) in [6.07, 6.45) is 0. The number of ether oxygens (including phenoxy) is 1. The van der Waals surface area contributed by atoms with Gasteiger partial charge in [-0.2, -0.15) is 0 Å². The number of carbonyl (C=O) groups excluding carboxylic acids is 2. The van der Waals surface area contributed by atoms with Crippen LogP contribution in [0.5, 0.6) is 5.75 Å². The number of hydrogen-bond acceptors (Lipinski definition) is 3. The number of carbonyl (C=O) groups is 2. The summed E-state index contributed by atoms with van der Waals surface area (Å²) in [5.74, 6) is 0.421. The van der Waals surface area contributed by atoms with Crippen LogP contribution in [0.4, 0.5) is 5.69 Å². The molecular formula is C18H18N2O3. The summed E-state index contributed by atoms with van der Waals surface area (Å²) in [5.41, 5.74) is 1.65. The van der Waals surface area contributed by atoms with Gasteiger partial charge >= 0.3 is 0 Å². The summed E-state index contributed by atoms with van der Waals surface area (Å²) >= 11 is 0. The number of benzene rings is 2. The first-order valence-corrected chi connectivity index (χ1v) is 7.52. The molecule has 2 aromatic rings. The van der Waals surface area contributed by atoms with Crippen LogP contribution in [0, 0.1) is 0 Å². The molecule has 2 amide bonds. The van der Waals surface area contributed by atoms with Crippen molar-refractivity contribution in [2.75, 3.05) is 18.1 Å².